The normalized spacial score (nSPS) is 19.1. The van der Waals surface area contributed by atoms with Crippen LogP contribution in [0.5, 0.6) is 0 Å². The molecule has 1 aromatic carbocycles. The summed E-state index contributed by atoms with van der Waals surface area (Å²) in [4.78, 5) is 60.3. The molecular weight excluding hydrogens is 550 g/mol. The van der Waals surface area contributed by atoms with Crippen LogP contribution in [0, 0.1) is 35.0 Å². The molecule has 1 aliphatic carbocycles. The Morgan fingerprint density at radius 3 is 2.33 bits per heavy atom. The Balaban J connectivity index is 1.53. The summed E-state index contributed by atoms with van der Waals surface area (Å²) in [5, 5.41) is 15.4. The van der Waals surface area contributed by atoms with Crippen LogP contribution in [0.15, 0.2) is 29.8 Å². The molecule has 0 unspecified atom stereocenters. The number of hydrogen-bond donors (Lipinski definition) is 2. The van der Waals surface area contributed by atoms with Gasteiger partial charge in [0.25, 0.3) is 0 Å². The average Bonchev–Trinajstić information content (AvgIpc) is 3.37. The molecule has 1 aromatic heterocycles. The first-order chi connectivity index (χ1) is 19.8. The van der Waals surface area contributed by atoms with E-state index in [4.69, 9.17) is 0 Å². The summed E-state index contributed by atoms with van der Waals surface area (Å²) in [6, 6.07) is 7.74. The van der Waals surface area contributed by atoms with E-state index in [-0.39, 0.29) is 29.9 Å². The van der Waals surface area contributed by atoms with E-state index >= 15 is 0 Å². The molecule has 224 valence electrons. The monoisotopic (exact) mass is 591 g/mol. The van der Waals surface area contributed by atoms with E-state index in [1.807, 2.05) is 65.8 Å². The summed E-state index contributed by atoms with van der Waals surface area (Å²) in [5.74, 6) is -1.24. The van der Waals surface area contributed by atoms with Crippen molar-refractivity contribution >= 4 is 34.8 Å². The summed E-state index contributed by atoms with van der Waals surface area (Å²) in [6.45, 7) is 11.6. The van der Waals surface area contributed by atoms with Gasteiger partial charge >= 0.3 is 0 Å². The molecule has 1 saturated carbocycles. The van der Waals surface area contributed by atoms with Gasteiger partial charge in [-0.25, -0.2) is 4.98 Å². The predicted molar refractivity (Wildman–Crippen MR) is 161 cm³/mol. The lowest BCUT2D eigenvalue weighted by Crippen LogP contribution is -2.58. The third-order valence-electron chi connectivity index (χ3n) is 8.31. The summed E-state index contributed by atoms with van der Waals surface area (Å²) in [6.07, 6.45) is 2.24. The van der Waals surface area contributed by atoms with Crippen molar-refractivity contribution in [2.24, 2.45) is 16.7 Å². The molecule has 4 rings (SSSR count). The highest BCUT2D eigenvalue weighted by atomic mass is 32.1. The first kappa shape index (κ1) is 31.4. The number of aryl methyl sites for hydroxylation is 1. The highest BCUT2D eigenvalue weighted by Gasteiger charge is 2.53. The SMILES string of the molecule is Cc1ncsc1-c1ccc([C@H](CC(=O)C(C)C)NC(=O)[C@@H]2CCCN2C(=O)[C@@H](NC(=O)C2(C#N)CC2)C(C)(C)C)cc1. The Kier molecular flexibility index (Phi) is 9.21. The minimum atomic E-state index is -1.06. The smallest absolute Gasteiger partial charge is 0.246 e. The lowest BCUT2D eigenvalue weighted by molar-refractivity contribution is -0.144. The van der Waals surface area contributed by atoms with Crippen LogP contribution in [0.1, 0.15) is 84.0 Å². The number of carbonyl (C=O) groups is 4. The van der Waals surface area contributed by atoms with Crippen LogP contribution in [-0.4, -0.2) is 52.0 Å². The van der Waals surface area contributed by atoms with E-state index in [1.54, 1.807) is 21.7 Å². The Hall–Kier alpha value is -3.58. The summed E-state index contributed by atoms with van der Waals surface area (Å²) in [5.41, 5.74) is 2.89. The number of carbonyl (C=O) groups excluding carboxylic acids is 4. The van der Waals surface area contributed by atoms with Crippen molar-refractivity contribution in [1.29, 1.82) is 5.26 Å². The van der Waals surface area contributed by atoms with Gasteiger partial charge in [-0.3, -0.25) is 19.2 Å². The largest absolute Gasteiger partial charge is 0.347 e. The van der Waals surface area contributed by atoms with E-state index in [0.29, 0.717) is 32.2 Å². The van der Waals surface area contributed by atoms with E-state index in [0.717, 1.165) is 21.7 Å². The molecule has 3 amide bonds. The van der Waals surface area contributed by atoms with Crippen molar-refractivity contribution in [2.75, 3.05) is 6.54 Å². The maximum Gasteiger partial charge on any atom is 0.246 e. The molecule has 0 radical (unpaired) electrons. The van der Waals surface area contributed by atoms with Crippen molar-refractivity contribution in [1.82, 2.24) is 20.5 Å². The van der Waals surface area contributed by atoms with Gasteiger partial charge in [0.1, 0.15) is 23.3 Å². The number of nitrogens with zero attached hydrogens (tertiary/aromatic N) is 3. The number of hydrogen-bond acceptors (Lipinski definition) is 7. The van der Waals surface area contributed by atoms with Crippen molar-refractivity contribution in [3.63, 3.8) is 0 Å². The number of aromatic nitrogens is 1. The maximum absolute atomic E-state index is 13.9. The second kappa shape index (κ2) is 12.3. The van der Waals surface area contributed by atoms with Crippen LogP contribution in [0.2, 0.25) is 0 Å². The number of rotatable bonds is 10. The topological polar surface area (TPSA) is 132 Å². The van der Waals surface area contributed by atoms with Crippen molar-refractivity contribution in [2.45, 2.75) is 91.8 Å². The number of likely N-dealkylation sites (tertiary alicyclic amines) is 1. The second-order valence-electron chi connectivity index (χ2n) is 12.9. The number of nitrogens with one attached hydrogen (secondary N) is 2. The quantitative estimate of drug-likeness (QED) is 0.411. The Bertz CT molecular complexity index is 1380. The average molecular weight is 592 g/mol. The number of Topliss-reactive ketones (excluding diaryl/α,β-unsaturated/α-hetero) is 1. The first-order valence-corrected chi connectivity index (χ1v) is 15.5. The molecule has 42 heavy (non-hydrogen) atoms. The van der Waals surface area contributed by atoms with E-state index in [2.05, 4.69) is 21.7 Å². The third-order valence-corrected chi connectivity index (χ3v) is 9.29. The fourth-order valence-corrected chi connectivity index (χ4v) is 6.12. The Morgan fingerprint density at radius 1 is 1.14 bits per heavy atom. The Labute approximate surface area is 252 Å². The number of nitriles is 1. The minimum absolute atomic E-state index is 0.0315. The summed E-state index contributed by atoms with van der Waals surface area (Å²) in [7, 11) is 0. The molecule has 2 N–H and O–H groups in total. The van der Waals surface area contributed by atoms with Crippen molar-refractivity contribution < 1.29 is 19.2 Å². The van der Waals surface area contributed by atoms with Crippen LogP contribution in [-0.2, 0) is 19.2 Å². The van der Waals surface area contributed by atoms with E-state index < -0.39 is 34.9 Å². The molecule has 0 bridgehead atoms. The van der Waals surface area contributed by atoms with Crippen LogP contribution >= 0.6 is 11.3 Å². The minimum Gasteiger partial charge on any atom is -0.347 e. The lowest BCUT2D eigenvalue weighted by Gasteiger charge is -2.36. The van der Waals surface area contributed by atoms with Crippen molar-refractivity contribution in [3.8, 4) is 16.5 Å². The predicted octanol–water partition coefficient (Wildman–Crippen LogP) is 4.72. The van der Waals surface area contributed by atoms with E-state index in [1.165, 1.54) is 0 Å². The van der Waals surface area contributed by atoms with Gasteiger partial charge in [0.15, 0.2) is 0 Å². The molecule has 1 saturated heterocycles. The molecule has 10 heteroatoms. The highest BCUT2D eigenvalue weighted by Crippen LogP contribution is 2.45. The number of ketones is 1. The number of amides is 3. The zero-order valence-electron chi connectivity index (χ0n) is 25.3. The van der Waals surface area contributed by atoms with Gasteiger partial charge in [0, 0.05) is 18.9 Å². The molecule has 1 aliphatic heterocycles. The van der Waals surface area contributed by atoms with Crippen LogP contribution in [0.4, 0.5) is 0 Å². The lowest BCUT2D eigenvalue weighted by atomic mass is 9.85. The zero-order valence-corrected chi connectivity index (χ0v) is 26.1. The Morgan fingerprint density at radius 2 is 1.81 bits per heavy atom. The zero-order chi connectivity index (χ0) is 30.8. The summed E-state index contributed by atoms with van der Waals surface area (Å²) < 4.78 is 0. The molecule has 2 heterocycles. The van der Waals surface area contributed by atoms with Gasteiger partial charge in [-0.1, -0.05) is 58.9 Å². The second-order valence-corrected chi connectivity index (χ2v) is 13.8. The van der Waals surface area contributed by atoms with Crippen LogP contribution in [0.25, 0.3) is 10.4 Å². The highest BCUT2D eigenvalue weighted by molar-refractivity contribution is 7.13. The maximum atomic E-state index is 13.9. The fourth-order valence-electron chi connectivity index (χ4n) is 5.30. The van der Waals surface area contributed by atoms with Crippen molar-refractivity contribution in [3.05, 3.63) is 41.0 Å². The van der Waals surface area contributed by atoms with Crippen LogP contribution in [0.3, 0.4) is 0 Å². The molecule has 2 aromatic rings. The third kappa shape index (κ3) is 6.73. The van der Waals surface area contributed by atoms with Gasteiger partial charge in [-0.05, 0) is 49.1 Å². The van der Waals surface area contributed by atoms with Gasteiger partial charge in [-0.2, -0.15) is 5.26 Å². The van der Waals surface area contributed by atoms with Gasteiger partial charge in [0.05, 0.1) is 28.2 Å². The van der Waals surface area contributed by atoms with Gasteiger partial charge in [-0.15, -0.1) is 11.3 Å². The fraction of sp³-hybridized carbons (Fsp3) is 0.562. The molecular formula is C32H41N5O4S. The molecule has 2 fully saturated rings. The summed E-state index contributed by atoms with van der Waals surface area (Å²) >= 11 is 1.56. The number of thiazole rings is 1. The first-order valence-electron chi connectivity index (χ1n) is 14.6. The molecule has 0 spiro atoms. The number of benzene rings is 1. The standard InChI is InChI=1S/C32H41N5O4S/c1-19(2)25(38)16-23(21-9-11-22(12-10-21)26-20(3)34-18-42-26)35-28(39)24-8-7-15-37(24)29(40)27(31(4,5)6)36-30(41)32(17-33)13-14-32/h9-12,18-19,23-24,27H,7-8,13-16H2,1-6H3,(H,35,39)(H,36,41)/t23-,24-,27+/m0/s1. The van der Waals surface area contributed by atoms with Gasteiger partial charge in [0.2, 0.25) is 17.7 Å². The molecule has 2 aliphatic rings. The molecule has 3 atom stereocenters. The molecule has 9 nitrogen and oxygen atoms in total. The van der Waals surface area contributed by atoms with Crippen LogP contribution < -0.4 is 10.6 Å². The van der Waals surface area contributed by atoms with Gasteiger partial charge < -0.3 is 15.5 Å². The van der Waals surface area contributed by atoms with E-state index in [9.17, 15) is 24.4 Å².